The van der Waals surface area contributed by atoms with E-state index in [-0.39, 0.29) is 11.9 Å². The fourth-order valence-electron chi connectivity index (χ4n) is 2.01. The topological polar surface area (TPSA) is 33.2 Å². The Bertz CT molecular complexity index is 586. The minimum atomic E-state index is 0.0170. The fraction of sp³-hybridized carbons (Fsp3) is 0.250. The summed E-state index contributed by atoms with van der Waals surface area (Å²) in [6, 6.07) is 11.7. The third-order valence-electron chi connectivity index (χ3n) is 3.39. The molecule has 1 aromatic carbocycles. The zero-order valence-corrected chi connectivity index (χ0v) is 13.2. The SMILES string of the molecule is CC(c1cccnc1)N(C)C(=O)Cc1cccc(Br)c1. The highest BCUT2D eigenvalue weighted by molar-refractivity contribution is 9.10. The Kier molecular flexibility index (Phi) is 4.90. The van der Waals surface area contributed by atoms with Gasteiger partial charge in [0.2, 0.25) is 5.91 Å². The summed E-state index contributed by atoms with van der Waals surface area (Å²) in [5.74, 6) is 0.0967. The maximum Gasteiger partial charge on any atom is 0.227 e. The predicted octanol–water partition coefficient (Wildman–Crippen LogP) is 3.61. The number of carbonyl (C=O) groups excluding carboxylic acids is 1. The average molecular weight is 333 g/mol. The number of hydrogen-bond donors (Lipinski definition) is 0. The lowest BCUT2D eigenvalue weighted by molar-refractivity contribution is -0.131. The van der Waals surface area contributed by atoms with E-state index in [1.165, 1.54) is 0 Å². The van der Waals surface area contributed by atoms with Gasteiger partial charge in [0.15, 0.2) is 0 Å². The van der Waals surface area contributed by atoms with Crippen LogP contribution in [-0.4, -0.2) is 22.8 Å². The van der Waals surface area contributed by atoms with Crippen LogP contribution in [0.4, 0.5) is 0 Å². The number of carbonyl (C=O) groups is 1. The second-order valence-electron chi connectivity index (χ2n) is 4.77. The molecule has 0 N–H and O–H groups in total. The number of nitrogens with zero attached hydrogens (tertiary/aromatic N) is 2. The molecule has 0 radical (unpaired) electrons. The number of aromatic nitrogens is 1. The molecule has 2 rings (SSSR count). The highest BCUT2D eigenvalue weighted by Gasteiger charge is 2.17. The van der Waals surface area contributed by atoms with Crippen LogP contribution in [-0.2, 0) is 11.2 Å². The monoisotopic (exact) mass is 332 g/mol. The van der Waals surface area contributed by atoms with E-state index in [0.717, 1.165) is 15.6 Å². The maximum absolute atomic E-state index is 12.3. The molecule has 4 heteroatoms. The van der Waals surface area contributed by atoms with Crippen LogP contribution in [0.3, 0.4) is 0 Å². The lowest BCUT2D eigenvalue weighted by Crippen LogP contribution is -2.31. The smallest absolute Gasteiger partial charge is 0.227 e. The van der Waals surface area contributed by atoms with Gasteiger partial charge < -0.3 is 4.90 Å². The highest BCUT2D eigenvalue weighted by atomic mass is 79.9. The second kappa shape index (κ2) is 6.66. The van der Waals surface area contributed by atoms with Crippen LogP contribution in [0.5, 0.6) is 0 Å². The summed E-state index contributed by atoms with van der Waals surface area (Å²) in [6.07, 6.45) is 3.94. The molecular weight excluding hydrogens is 316 g/mol. The zero-order chi connectivity index (χ0) is 14.5. The lowest BCUT2D eigenvalue weighted by Gasteiger charge is -2.25. The molecule has 0 aliphatic heterocycles. The Hall–Kier alpha value is -1.68. The van der Waals surface area contributed by atoms with Crippen LogP contribution in [0.25, 0.3) is 0 Å². The van der Waals surface area contributed by atoms with Crippen molar-refractivity contribution in [2.24, 2.45) is 0 Å². The number of rotatable bonds is 4. The van der Waals surface area contributed by atoms with Crippen molar-refractivity contribution >= 4 is 21.8 Å². The number of benzene rings is 1. The molecule has 104 valence electrons. The Labute approximate surface area is 127 Å². The maximum atomic E-state index is 12.3. The first kappa shape index (κ1) is 14.7. The quantitative estimate of drug-likeness (QED) is 0.856. The molecule has 1 heterocycles. The van der Waals surface area contributed by atoms with Gasteiger partial charge in [0, 0.05) is 23.9 Å². The Balaban J connectivity index is 2.05. The lowest BCUT2D eigenvalue weighted by atomic mass is 10.1. The van der Waals surface area contributed by atoms with Gasteiger partial charge >= 0.3 is 0 Å². The predicted molar refractivity (Wildman–Crippen MR) is 83.3 cm³/mol. The molecule has 0 fully saturated rings. The summed E-state index contributed by atoms with van der Waals surface area (Å²) >= 11 is 3.42. The standard InChI is InChI=1S/C16H17BrN2O/c1-12(14-6-4-8-18-11-14)19(2)16(20)10-13-5-3-7-15(17)9-13/h3-9,11-12H,10H2,1-2H3. The molecular formula is C16H17BrN2O. The van der Waals surface area contributed by atoms with Crippen molar-refractivity contribution in [3.05, 3.63) is 64.4 Å². The molecule has 1 atom stereocenters. The van der Waals surface area contributed by atoms with E-state index in [2.05, 4.69) is 20.9 Å². The van der Waals surface area contributed by atoms with Crippen molar-refractivity contribution in [3.8, 4) is 0 Å². The van der Waals surface area contributed by atoms with Gasteiger partial charge in [-0.25, -0.2) is 0 Å². The zero-order valence-electron chi connectivity index (χ0n) is 11.6. The van der Waals surface area contributed by atoms with Crippen molar-refractivity contribution in [1.29, 1.82) is 0 Å². The molecule has 20 heavy (non-hydrogen) atoms. The van der Waals surface area contributed by atoms with Crippen molar-refractivity contribution in [1.82, 2.24) is 9.88 Å². The summed E-state index contributed by atoms with van der Waals surface area (Å²) in [6.45, 7) is 2.01. The molecule has 3 nitrogen and oxygen atoms in total. The highest BCUT2D eigenvalue weighted by Crippen LogP contribution is 2.19. The van der Waals surface area contributed by atoms with Crippen molar-refractivity contribution in [2.45, 2.75) is 19.4 Å². The Morgan fingerprint density at radius 1 is 1.35 bits per heavy atom. The van der Waals surface area contributed by atoms with E-state index >= 15 is 0 Å². The van der Waals surface area contributed by atoms with E-state index in [1.807, 2.05) is 50.4 Å². The van der Waals surface area contributed by atoms with Crippen LogP contribution in [0.15, 0.2) is 53.3 Å². The minimum absolute atomic E-state index is 0.0170. The third kappa shape index (κ3) is 3.67. The first-order chi connectivity index (χ1) is 9.58. The van der Waals surface area contributed by atoms with Crippen LogP contribution in [0, 0.1) is 0 Å². The third-order valence-corrected chi connectivity index (χ3v) is 3.88. The minimum Gasteiger partial charge on any atom is -0.339 e. The second-order valence-corrected chi connectivity index (χ2v) is 5.69. The molecule has 0 aliphatic rings. The Morgan fingerprint density at radius 2 is 2.15 bits per heavy atom. The number of likely N-dealkylation sites (N-methyl/N-ethyl adjacent to an activating group) is 1. The van der Waals surface area contributed by atoms with Gasteiger partial charge in [-0.2, -0.15) is 0 Å². The summed E-state index contributed by atoms with van der Waals surface area (Å²) in [4.78, 5) is 18.2. The first-order valence-electron chi connectivity index (χ1n) is 6.48. The van der Waals surface area contributed by atoms with E-state index in [4.69, 9.17) is 0 Å². The summed E-state index contributed by atoms with van der Waals surface area (Å²) in [7, 11) is 1.83. The molecule has 0 saturated carbocycles. The number of pyridine rings is 1. The van der Waals surface area contributed by atoms with Crippen LogP contribution >= 0.6 is 15.9 Å². The van der Waals surface area contributed by atoms with Gasteiger partial charge in [-0.05, 0) is 36.2 Å². The summed E-state index contributed by atoms with van der Waals surface area (Å²) < 4.78 is 0.991. The summed E-state index contributed by atoms with van der Waals surface area (Å²) in [5, 5.41) is 0. The van der Waals surface area contributed by atoms with Gasteiger partial charge in [0.1, 0.15) is 0 Å². The van der Waals surface area contributed by atoms with Crippen LogP contribution in [0.2, 0.25) is 0 Å². The first-order valence-corrected chi connectivity index (χ1v) is 7.27. The molecule has 1 aromatic heterocycles. The largest absolute Gasteiger partial charge is 0.339 e. The average Bonchev–Trinajstić information content (AvgIpc) is 2.46. The molecule has 1 amide bonds. The molecule has 2 aromatic rings. The number of halogens is 1. The molecule has 0 bridgehead atoms. The van der Waals surface area contributed by atoms with E-state index in [0.29, 0.717) is 6.42 Å². The van der Waals surface area contributed by atoms with Crippen molar-refractivity contribution in [3.63, 3.8) is 0 Å². The van der Waals surface area contributed by atoms with Gasteiger partial charge in [-0.3, -0.25) is 9.78 Å². The normalized spacial score (nSPS) is 11.9. The van der Waals surface area contributed by atoms with Crippen molar-refractivity contribution in [2.75, 3.05) is 7.05 Å². The number of hydrogen-bond acceptors (Lipinski definition) is 2. The fourth-order valence-corrected chi connectivity index (χ4v) is 2.46. The van der Waals surface area contributed by atoms with Gasteiger partial charge in [-0.1, -0.05) is 34.1 Å². The molecule has 0 spiro atoms. The van der Waals surface area contributed by atoms with Gasteiger partial charge in [-0.15, -0.1) is 0 Å². The van der Waals surface area contributed by atoms with Crippen LogP contribution in [0.1, 0.15) is 24.1 Å². The van der Waals surface area contributed by atoms with E-state index < -0.39 is 0 Å². The number of amides is 1. The van der Waals surface area contributed by atoms with Gasteiger partial charge in [0.05, 0.1) is 12.5 Å². The van der Waals surface area contributed by atoms with Crippen molar-refractivity contribution < 1.29 is 4.79 Å². The Morgan fingerprint density at radius 3 is 2.80 bits per heavy atom. The van der Waals surface area contributed by atoms with E-state index in [1.54, 1.807) is 17.3 Å². The molecule has 0 aliphatic carbocycles. The van der Waals surface area contributed by atoms with Gasteiger partial charge in [0.25, 0.3) is 0 Å². The molecule has 0 saturated heterocycles. The molecule has 1 unspecified atom stereocenters. The summed E-state index contributed by atoms with van der Waals surface area (Å²) in [5.41, 5.74) is 2.05. The van der Waals surface area contributed by atoms with E-state index in [9.17, 15) is 4.79 Å². The van der Waals surface area contributed by atoms with Crippen LogP contribution < -0.4 is 0 Å².